The van der Waals surface area contributed by atoms with Crippen LogP contribution in [0.1, 0.15) is 6.92 Å². The predicted octanol–water partition coefficient (Wildman–Crippen LogP) is 1.35. The minimum Gasteiger partial charge on any atom is -0.363 e. The Hall–Kier alpha value is 0. The monoisotopic (exact) mass is 205 g/mol. The molecule has 1 fully saturated rings. The summed E-state index contributed by atoms with van der Waals surface area (Å²) in [6, 6.07) is 0. The molecule has 0 aromatic rings. The molecule has 0 amide bonds. The van der Waals surface area contributed by atoms with Gasteiger partial charge in [0.2, 0.25) is 0 Å². The first-order chi connectivity index (χ1) is 5.00. The maximum Gasteiger partial charge on any atom is 0.415 e. The molecule has 0 aromatic heterocycles. The minimum absolute atomic E-state index is 0. The topological polar surface area (TPSA) is 21.3 Å². The molecule has 1 heterocycles. The van der Waals surface area contributed by atoms with Crippen LogP contribution in [-0.4, -0.2) is 31.5 Å². The highest BCUT2D eigenvalue weighted by Crippen LogP contribution is 2.24. The summed E-state index contributed by atoms with van der Waals surface area (Å²) in [4.78, 5) is 0. The smallest absolute Gasteiger partial charge is 0.363 e. The molecular weight excluding hydrogens is 195 g/mol. The van der Waals surface area contributed by atoms with Crippen molar-refractivity contribution in [1.82, 2.24) is 5.32 Å². The average Bonchev–Trinajstić information content (AvgIpc) is 1.86. The van der Waals surface area contributed by atoms with Crippen molar-refractivity contribution in [3.05, 3.63) is 0 Å². The molecule has 1 aliphatic rings. The van der Waals surface area contributed by atoms with Gasteiger partial charge in [-0.15, -0.1) is 12.4 Å². The molecule has 0 saturated carbocycles. The fraction of sp³-hybridized carbons (Fsp3) is 1.00. The highest BCUT2D eigenvalue weighted by molar-refractivity contribution is 5.85. The van der Waals surface area contributed by atoms with Gasteiger partial charge in [0.05, 0.1) is 6.10 Å². The van der Waals surface area contributed by atoms with E-state index in [-0.39, 0.29) is 25.1 Å². The van der Waals surface area contributed by atoms with Crippen molar-refractivity contribution < 1.29 is 17.9 Å². The first-order valence-corrected chi connectivity index (χ1v) is 3.43. The number of hydrogen-bond donors (Lipinski definition) is 1. The molecule has 0 spiro atoms. The zero-order valence-corrected chi connectivity index (χ0v) is 7.34. The number of nitrogens with one attached hydrogen (secondary N) is 1. The summed E-state index contributed by atoms with van der Waals surface area (Å²) in [5.74, 6) is 0. The summed E-state index contributed by atoms with van der Waals surface area (Å²) < 4.78 is 40.5. The van der Waals surface area contributed by atoms with Gasteiger partial charge < -0.3 is 10.1 Å². The lowest BCUT2D eigenvalue weighted by Gasteiger charge is -2.29. The Kier molecular flexibility index (Phi) is 4.30. The average molecular weight is 206 g/mol. The van der Waals surface area contributed by atoms with Crippen LogP contribution in [0.15, 0.2) is 0 Å². The van der Waals surface area contributed by atoms with Gasteiger partial charge in [0.15, 0.2) is 6.10 Å². The first kappa shape index (κ1) is 12.0. The second kappa shape index (κ2) is 4.30. The number of rotatable bonds is 0. The molecule has 1 aliphatic heterocycles. The molecule has 0 unspecified atom stereocenters. The van der Waals surface area contributed by atoms with Gasteiger partial charge in [-0.3, -0.25) is 0 Å². The predicted molar refractivity (Wildman–Crippen MR) is 40.5 cm³/mol. The molecule has 12 heavy (non-hydrogen) atoms. The number of morpholine rings is 1. The molecule has 6 heteroatoms. The van der Waals surface area contributed by atoms with Crippen molar-refractivity contribution in [3.63, 3.8) is 0 Å². The van der Waals surface area contributed by atoms with Crippen LogP contribution in [0.5, 0.6) is 0 Å². The number of hydrogen-bond acceptors (Lipinski definition) is 2. The Morgan fingerprint density at radius 2 is 1.92 bits per heavy atom. The van der Waals surface area contributed by atoms with Gasteiger partial charge in [-0.25, -0.2) is 0 Å². The molecule has 74 valence electrons. The van der Waals surface area contributed by atoms with E-state index in [0.717, 1.165) is 0 Å². The van der Waals surface area contributed by atoms with E-state index in [1.54, 1.807) is 6.92 Å². The molecular formula is C6H11ClF3NO. The quantitative estimate of drug-likeness (QED) is 0.645. The fourth-order valence-electron chi connectivity index (χ4n) is 0.987. The summed E-state index contributed by atoms with van der Waals surface area (Å²) in [5.41, 5.74) is 0. The van der Waals surface area contributed by atoms with Crippen LogP contribution < -0.4 is 5.32 Å². The van der Waals surface area contributed by atoms with Gasteiger partial charge in [0.1, 0.15) is 0 Å². The summed E-state index contributed by atoms with van der Waals surface area (Å²) in [7, 11) is 0. The molecule has 1 N–H and O–H groups in total. The van der Waals surface area contributed by atoms with Crippen LogP contribution in [0.4, 0.5) is 13.2 Å². The van der Waals surface area contributed by atoms with Crippen LogP contribution in [0.2, 0.25) is 0 Å². The maximum atomic E-state index is 11.9. The Balaban J connectivity index is 0.00000121. The van der Waals surface area contributed by atoms with E-state index in [9.17, 15) is 13.2 Å². The molecule has 0 aromatic carbocycles. The summed E-state index contributed by atoms with van der Waals surface area (Å²) >= 11 is 0. The Morgan fingerprint density at radius 1 is 1.33 bits per heavy atom. The lowest BCUT2D eigenvalue weighted by atomic mass is 10.2. The van der Waals surface area contributed by atoms with Gasteiger partial charge in [0, 0.05) is 13.1 Å². The highest BCUT2D eigenvalue weighted by Gasteiger charge is 2.42. The molecule has 2 nitrogen and oxygen atoms in total. The van der Waals surface area contributed by atoms with Gasteiger partial charge >= 0.3 is 6.18 Å². The summed E-state index contributed by atoms with van der Waals surface area (Å²) in [6.07, 6.45) is -6.22. The standard InChI is InChI=1S/C6H10F3NO.ClH/c1-4-2-10-3-5(11-4)6(7,8)9;/h4-5,10H,2-3H2,1H3;1H/t4-,5-;/m0./s1. The normalized spacial score (nSPS) is 31.0. The van der Waals surface area contributed by atoms with Gasteiger partial charge in [-0.2, -0.15) is 13.2 Å². The number of halogens is 4. The second-order valence-corrected chi connectivity index (χ2v) is 2.64. The molecule has 0 aliphatic carbocycles. The number of alkyl halides is 3. The Labute approximate surface area is 74.9 Å². The van der Waals surface area contributed by atoms with E-state index in [1.165, 1.54) is 0 Å². The molecule has 0 bridgehead atoms. The maximum absolute atomic E-state index is 11.9. The van der Waals surface area contributed by atoms with E-state index < -0.39 is 12.3 Å². The van der Waals surface area contributed by atoms with E-state index in [4.69, 9.17) is 0 Å². The Bertz CT molecular complexity index is 141. The second-order valence-electron chi connectivity index (χ2n) is 2.64. The Morgan fingerprint density at radius 3 is 2.25 bits per heavy atom. The zero-order valence-electron chi connectivity index (χ0n) is 6.52. The lowest BCUT2D eigenvalue weighted by molar-refractivity contribution is -0.237. The van der Waals surface area contributed by atoms with Crippen LogP contribution in [0.3, 0.4) is 0 Å². The largest absolute Gasteiger partial charge is 0.415 e. The van der Waals surface area contributed by atoms with E-state index in [2.05, 4.69) is 10.1 Å². The van der Waals surface area contributed by atoms with Crippen molar-refractivity contribution >= 4 is 12.4 Å². The first-order valence-electron chi connectivity index (χ1n) is 3.43. The van der Waals surface area contributed by atoms with Crippen molar-refractivity contribution in [2.75, 3.05) is 13.1 Å². The fourth-order valence-corrected chi connectivity index (χ4v) is 0.987. The molecule has 0 radical (unpaired) electrons. The van der Waals surface area contributed by atoms with Crippen molar-refractivity contribution in [3.8, 4) is 0 Å². The van der Waals surface area contributed by atoms with E-state index in [0.29, 0.717) is 6.54 Å². The lowest BCUT2D eigenvalue weighted by Crippen LogP contribution is -2.50. The van der Waals surface area contributed by atoms with Gasteiger partial charge in [-0.1, -0.05) is 0 Å². The van der Waals surface area contributed by atoms with Crippen molar-refractivity contribution in [2.45, 2.75) is 25.3 Å². The third-order valence-corrected chi connectivity index (χ3v) is 1.52. The van der Waals surface area contributed by atoms with Crippen molar-refractivity contribution in [2.24, 2.45) is 0 Å². The summed E-state index contributed by atoms with van der Waals surface area (Å²) in [5, 5.41) is 2.65. The molecule has 2 atom stereocenters. The highest BCUT2D eigenvalue weighted by atomic mass is 35.5. The van der Waals surface area contributed by atoms with Crippen LogP contribution in [-0.2, 0) is 4.74 Å². The number of ether oxygens (including phenoxy) is 1. The van der Waals surface area contributed by atoms with E-state index >= 15 is 0 Å². The molecule has 1 rings (SSSR count). The van der Waals surface area contributed by atoms with Gasteiger partial charge in [-0.05, 0) is 6.92 Å². The van der Waals surface area contributed by atoms with Crippen LogP contribution >= 0.6 is 12.4 Å². The van der Waals surface area contributed by atoms with Gasteiger partial charge in [0.25, 0.3) is 0 Å². The van der Waals surface area contributed by atoms with Crippen molar-refractivity contribution in [1.29, 1.82) is 0 Å². The molecule has 1 saturated heterocycles. The summed E-state index contributed by atoms with van der Waals surface area (Å²) in [6.45, 7) is 1.98. The third kappa shape index (κ3) is 3.16. The third-order valence-electron chi connectivity index (χ3n) is 1.52. The van der Waals surface area contributed by atoms with E-state index in [1.807, 2.05) is 0 Å². The minimum atomic E-state index is -4.23. The van der Waals surface area contributed by atoms with Crippen LogP contribution in [0, 0.1) is 0 Å². The zero-order chi connectivity index (χ0) is 8.48. The SMILES string of the molecule is C[C@H]1CNC[C@@H](C(F)(F)F)O1.Cl. The van der Waals surface area contributed by atoms with Crippen LogP contribution in [0.25, 0.3) is 0 Å².